The van der Waals surface area contributed by atoms with E-state index < -0.39 is 10.1 Å². The second kappa shape index (κ2) is 10.5. The molecule has 0 saturated carbocycles. The summed E-state index contributed by atoms with van der Waals surface area (Å²) in [6.45, 7) is 7.13. The second-order valence-corrected chi connectivity index (χ2v) is 9.21. The first-order valence-corrected chi connectivity index (χ1v) is 11.9. The van der Waals surface area contributed by atoms with Gasteiger partial charge in [-0.25, -0.2) is 4.99 Å². The van der Waals surface area contributed by atoms with Crippen LogP contribution in [0.15, 0.2) is 76.6 Å². The van der Waals surface area contributed by atoms with Gasteiger partial charge >= 0.3 is 0 Å². The largest absolute Gasteiger partial charge is 0.490 e. The highest BCUT2D eigenvalue weighted by atomic mass is 32.2. The van der Waals surface area contributed by atoms with Crippen LogP contribution in [0.3, 0.4) is 0 Å². The van der Waals surface area contributed by atoms with Crippen LogP contribution in [0, 0.1) is 20.8 Å². The van der Waals surface area contributed by atoms with Gasteiger partial charge in [-0.05, 0) is 67.3 Å². The Morgan fingerprint density at radius 3 is 2.27 bits per heavy atom. The fraction of sp³-hybridized carbons (Fsp3) is 0.240. The highest BCUT2D eigenvalue weighted by Gasteiger charge is 2.18. The van der Waals surface area contributed by atoms with E-state index in [1.165, 1.54) is 34.4 Å². The monoisotopic (exact) mass is 468 g/mol. The molecule has 1 aliphatic rings. The summed E-state index contributed by atoms with van der Waals surface area (Å²) in [5.41, 5.74) is 11.5. The number of hydrogen-bond donors (Lipinski definition) is 2. The van der Waals surface area contributed by atoms with E-state index in [-0.39, 0.29) is 17.0 Å². The standard InChI is InChI=1S/C18H20N2O2.C7H8O3S/c1-12-4-3-5-17(13(12)2)14-6-8-15(9-7-14)21-11-16-10-20-18(19)22-16;1-6-2-4-7(5-3-6)11(8,9)10/h3-9,16H,10-11H2,1-2H3,(H2,19,20);2-5H,1H3,(H,8,9,10)/t16-;/m0./s1. The molecule has 0 saturated heterocycles. The lowest BCUT2D eigenvalue weighted by molar-refractivity contribution is 0.141. The van der Waals surface area contributed by atoms with Crippen molar-refractivity contribution in [1.82, 2.24) is 0 Å². The van der Waals surface area contributed by atoms with E-state index in [9.17, 15) is 8.42 Å². The molecule has 0 bridgehead atoms. The Morgan fingerprint density at radius 2 is 1.70 bits per heavy atom. The van der Waals surface area contributed by atoms with E-state index in [1.807, 2.05) is 19.1 Å². The van der Waals surface area contributed by atoms with Crippen molar-refractivity contribution in [3.05, 3.63) is 83.4 Å². The maximum Gasteiger partial charge on any atom is 0.294 e. The van der Waals surface area contributed by atoms with Gasteiger partial charge in [-0.2, -0.15) is 8.42 Å². The van der Waals surface area contributed by atoms with E-state index in [4.69, 9.17) is 19.8 Å². The van der Waals surface area contributed by atoms with Crippen LogP contribution in [0.25, 0.3) is 11.1 Å². The molecule has 1 atom stereocenters. The number of aliphatic imine (C=N–C) groups is 1. The fourth-order valence-corrected chi connectivity index (χ4v) is 3.70. The van der Waals surface area contributed by atoms with Crippen LogP contribution in [0.4, 0.5) is 0 Å². The number of ether oxygens (including phenoxy) is 2. The molecule has 0 aromatic heterocycles. The topological polar surface area (TPSA) is 111 Å². The molecule has 0 spiro atoms. The van der Waals surface area contributed by atoms with Crippen molar-refractivity contribution in [3.8, 4) is 16.9 Å². The summed E-state index contributed by atoms with van der Waals surface area (Å²) in [5, 5.41) is 0. The number of benzene rings is 3. The van der Waals surface area contributed by atoms with Crippen molar-refractivity contribution >= 4 is 16.1 Å². The number of aryl methyl sites for hydroxylation is 2. The molecule has 3 N–H and O–H groups in total. The predicted molar refractivity (Wildman–Crippen MR) is 129 cm³/mol. The number of hydrogen-bond acceptors (Lipinski definition) is 6. The van der Waals surface area contributed by atoms with E-state index in [0.717, 1.165) is 11.3 Å². The minimum atomic E-state index is -4.02. The first kappa shape index (κ1) is 24.3. The molecular weight excluding hydrogens is 440 g/mol. The smallest absolute Gasteiger partial charge is 0.294 e. The normalized spacial score (nSPS) is 15.2. The predicted octanol–water partition coefficient (Wildman–Crippen LogP) is 4.30. The fourth-order valence-electron chi connectivity index (χ4n) is 3.22. The van der Waals surface area contributed by atoms with Gasteiger partial charge in [0.05, 0.1) is 11.4 Å². The first-order chi connectivity index (χ1) is 15.6. The second-order valence-electron chi connectivity index (χ2n) is 7.79. The average molecular weight is 469 g/mol. The average Bonchev–Trinajstić information content (AvgIpc) is 3.20. The van der Waals surface area contributed by atoms with Gasteiger partial charge in [0, 0.05) is 0 Å². The Morgan fingerprint density at radius 1 is 1.03 bits per heavy atom. The lowest BCUT2D eigenvalue weighted by atomic mass is 9.97. The number of rotatable bonds is 5. The van der Waals surface area contributed by atoms with Crippen LogP contribution in [0.2, 0.25) is 0 Å². The van der Waals surface area contributed by atoms with E-state index in [2.05, 4.69) is 49.2 Å². The third-order valence-corrected chi connectivity index (χ3v) is 6.13. The molecule has 33 heavy (non-hydrogen) atoms. The molecule has 4 rings (SSSR count). The molecule has 0 aliphatic carbocycles. The Balaban J connectivity index is 0.000000235. The van der Waals surface area contributed by atoms with Crippen LogP contribution < -0.4 is 10.5 Å². The van der Waals surface area contributed by atoms with Crippen molar-refractivity contribution < 1.29 is 22.4 Å². The molecule has 8 heteroatoms. The number of nitrogens with two attached hydrogens (primary N) is 1. The van der Waals surface area contributed by atoms with Gasteiger partial charge in [-0.3, -0.25) is 4.55 Å². The molecule has 1 aliphatic heterocycles. The van der Waals surface area contributed by atoms with Crippen molar-refractivity contribution in [1.29, 1.82) is 0 Å². The van der Waals surface area contributed by atoms with E-state index >= 15 is 0 Å². The van der Waals surface area contributed by atoms with Crippen LogP contribution in [-0.2, 0) is 14.9 Å². The lowest BCUT2D eigenvalue weighted by Crippen LogP contribution is -2.24. The zero-order valence-corrected chi connectivity index (χ0v) is 19.7. The van der Waals surface area contributed by atoms with E-state index in [1.54, 1.807) is 12.1 Å². The Bertz CT molecular complexity index is 1220. The SMILES string of the molecule is Cc1ccc(S(=O)(=O)O)cc1.Cc1cccc(-c2ccc(OC[C@@H]3CN=C(N)O3)cc2)c1C. The number of amidine groups is 1. The Hall–Kier alpha value is -3.36. The molecule has 0 fully saturated rings. The van der Waals surface area contributed by atoms with Gasteiger partial charge in [-0.15, -0.1) is 0 Å². The minimum Gasteiger partial charge on any atom is -0.490 e. The van der Waals surface area contributed by atoms with Gasteiger partial charge in [0.15, 0.2) is 6.10 Å². The van der Waals surface area contributed by atoms with Crippen molar-refractivity contribution in [2.75, 3.05) is 13.2 Å². The van der Waals surface area contributed by atoms with Crippen LogP contribution in [0.1, 0.15) is 16.7 Å². The molecule has 3 aromatic carbocycles. The summed E-state index contributed by atoms with van der Waals surface area (Å²) >= 11 is 0. The van der Waals surface area contributed by atoms with Crippen molar-refractivity contribution in [2.24, 2.45) is 10.7 Å². The van der Waals surface area contributed by atoms with Gasteiger partial charge in [0.25, 0.3) is 16.1 Å². The van der Waals surface area contributed by atoms with Crippen LogP contribution in [-0.4, -0.2) is 38.2 Å². The summed E-state index contributed by atoms with van der Waals surface area (Å²) in [6.07, 6.45) is -0.0845. The quantitative estimate of drug-likeness (QED) is 0.540. The molecule has 3 aromatic rings. The maximum absolute atomic E-state index is 10.5. The van der Waals surface area contributed by atoms with Gasteiger partial charge in [0.1, 0.15) is 12.4 Å². The third-order valence-electron chi connectivity index (χ3n) is 5.26. The van der Waals surface area contributed by atoms with Gasteiger partial charge in [-0.1, -0.05) is 48.0 Å². The summed E-state index contributed by atoms with van der Waals surface area (Å²) in [5.74, 6) is 0.822. The molecule has 1 heterocycles. The highest BCUT2D eigenvalue weighted by molar-refractivity contribution is 7.85. The highest BCUT2D eigenvalue weighted by Crippen LogP contribution is 2.27. The molecule has 0 amide bonds. The molecule has 7 nitrogen and oxygen atoms in total. The maximum atomic E-state index is 10.5. The van der Waals surface area contributed by atoms with Crippen molar-refractivity contribution in [3.63, 3.8) is 0 Å². The zero-order valence-electron chi connectivity index (χ0n) is 18.9. The summed E-state index contributed by atoms with van der Waals surface area (Å²) < 4.78 is 40.6. The number of nitrogens with zero attached hydrogens (tertiary/aromatic N) is 1. The Kier molecular flexibility index (Phi) is 7.73. The van der Waals surface area contributed by atoms with E-state index in [0.29, 0.717) is 13.2 Å². The summed E-state index contributed by atoms with van der Waals surface area (Å²) in [7, 11) is -4.02. The zero-order chi connectivity index (χ0) is 24.0. The van der Waals surface area contributed by atoms with Crippen molar-refractivity contribution in [2.45, 2.75) is 31.8 Å². The summed E-state index contributed by atoms with van der Waals surface area (Å²) in [6, 6.07) is 20.7. The van der Waals surface area contributed by atoms with Crippen LogP contribution >= 0.6 is 0 Å². The van der Waals surface area contributed by atoms with Gasteiger partial charge < -0.3 is 15.2 Å². The molecule has 0 unspecified atom stereocenters. The molecule has 0 radical (unpaired) electrons. The Labute approximate surface area is 194 Å². The minimum absolute atomic E-state index is 0.0666. The third kappa shape index (κ3) is 6.81. The first-order valence-electron chi connectivity index (χ1n) is 10.4. The molecular formula is C25H28N2O5S. The van der Waals surface area contributed by atoms with Crippen LogP contribution in [0.5, 0.6) is 5.75 Å². The van der Waals surface area contributed by atoms with Gasteiger partial charge in [0.2, 0.25) is 0 Å². The lowest BCUT2D eigenvalue weighted by Gasteiger charge is -2.13. The summed E-state index contributed by atoms with van der Waals surface area (Å²) in [4.78, 5) is 3.93. The molecule has 174 valence electrons.